The molecular weight excluding hydrogens is 296 g/mol. The molecule has 0 aliphatic heterocycles. The summed E-state index contributed by atoms with van der Waals surface area (Å²) in [6, 6.07) is 20.2. The molecule has 1 N–H and O–H groups in total. The number of para-hydroxylation sites is 1. The number of benzene rings is 2. The monoisotopic (exact) mass is 310 g/mol. The van der Waals surface area contributed by atoms with Crippen LogP contribution in [0.15, 0.2) is 79.1 Å². The fourth-order valence-corrected chi connectivity index (χ4v) is 2.56. The molecule has 4 heteroatoms. The molecular formula is C18H15ClN2O. The molecule has 0 aliphatic rings. The second kappa shape index (κ2) is 6.50. The molecule has 0 bridgehead atoms. The SMILES string of the molecule is O=C(Nc1ccccc1Cl)[C@@H](c1ccccc1)n1cccc1. The smallest absolute Gasteiger partial charge is 0.252 e. The van der Waals surface area contributed by atoms with E-state index >= 15 is 0 Å². The van der Waals surface area contributed by atoms with Crippen LogP contribution in [0.25, 0.3) is 0 Å². The van der Waals surface area contributed by atoms with Crippen LogP contribution in [0.2, 0.25) is 5.02 Å². The molecule has 0 aliphatic carbocycles. The first-order chi connectivity index (χ1) is 10.8. The lowest BCUT2D eigenvalue weighted by molar-refractivity contribution is -0.118. The van der Waals surface area contributed by atoms with Gasteiger partial charge in [0.1, 0.15) is 6.04 Å². The van der Waals surface area contributed by atoms with Crippen molar-refractivity contribution >= 4 is 23.2 Å². The zero-order valence-corrected chi connectivity index (χ0v) is 12.6. The zero-order chi connectivity index (χ0) is 15.4. The van der Waals surface area contributed by atoms with Crippen LogP contribution in [0, 0.1) is 0 Å². The molecule has 2 aromatic carbocycles. The van der Waals surface area contributed by atoms with E-state index in [0.717, 1.165) is 5.56 Å². The van der Waals surface area contributed by atoms with Gasteiger partial charge in [-0.2, -0.15) is 0 Å². The molecule has 0 unspecified atom stereocenters. The molecule has 3 nitrogen and oxygen atoms in total. The van der Waals surface area contributed by atoms with Gasteiger partial charge in [0.05, 0.1) is 10.7 Å². The van der Waals surface area contributed by atoms with Crippen LogP contribution in [0.4, 0.5) is 5.69 Å². The molecule has 1 heterocycles. The molecule has 1 amide bonds. The fourth-order valence-electron chi connectivity index (χ4n) is 2.38. The number of nitrogens with one attached hydrogen (secondary N) is 1. The van der Waals surface area contributed by atoms with Crippen molar-refractivity contribution in [3.05, 3.63) is 89.7 Å². The average molecular weight is 311 g/mol. The maximum absolute atomic E-state index is 12.8. The zero-order valence-electron chi connectivity index (χ0n) is 11.8. The van der Waals surface area contributed by atoms with Gasteiger partial charge in [-0.3, -0.25) is 4.79 Å². The quantitative estimate of drug-likeness (QED) is 0.763. The first kappa shape index (κ1) is 14.4. The van der Waals surface area contributed by atoms with Gasteiger partial charge in [0.15, 0.2) is 0 Å². The van der Waals surface area contributed by atoms with Gasteiger partial charge in [0.2, 0.25) is 0 Å². The van der Waals surface area contributed by atoms with Crippen molar-refractivity contribution in [2.45, 2.75) is 6.04 Å². The summed E-state index contributed by atoms with van der Waals surface area (Å²) in [5.74, 6) is -0.129. The summed E-state index contributed by atoms with van der Waals surface area (Å²) >= 11 is 6.12. The number of aromatic nitrogens is 1. The number of halogens is 1. The van der Waals surface area contributed by atoms with E-state index in [-0.39, 0.29) is 5.91 Å². The molecule has 3 aromatic rings. The largest absolute Gasteiger partial charge is 0.338 e. The van der Waals surface area contributed by atoms with Crippen molar-refractivity contribution in [2.24, 2.45) is 0 Å². The molecule has 3 rings (SSSR count). The van der Waals surface area contributed by atoms with E-state index in [4.69, 9.17) is 11.6 Å². The highest BCUT2D eigenvalue weighted by atomic mass is 35.5. The van der Waals surface area contributed by atoms with Crippen molar-refractivity contribution < 1.29 is 4.79 Å². The fraction of sp³-hybridized carbons (Fsp3) is 0.0556. The summed E-state index contributed by atoms with van der Waals surface area (Å²) in [4.78, 5) is 12.8. The summed E-state index contributed by atoms with van der Waals surface area (Å²) in [5.41, 5.74) is 1.53. The van der Waals surface area contributed by atoms with Gasteiger partial charge in [-0.25, -0.2) is 0 Å². The molecule has 22 heavy (non-hydrogen) atoms. The van der Waals surface area contributed by atoms with E-state index < -0.39 is 6.04 Å². The minimum atomic E-state index is -0.438. The van der Waals surface area contributed by atoms with E-state index in [2.05, 4.69) is 5.32 Å². The van der Waals surface area contributed by atoms with Crippen molar-refractivity contribution in [3.8, 4) is 0 Å². The van der Waals surface area contributed by atoms with Crippen LogP contribution in [-0.4, -0.2) is 10.5 Å². The Bertz CT molecular complexity index is 754. The van der Waals surface area contributed by atoms with Crippen molar-refractivity contribution in [1.29, 1.82) is 0 Å². The van der Waals surface area contributed by atoms with Crippen LogP contribution in [0.1, 0.15) is 11.6 Å². The normalized spacial score (nSPS) is 11.9. The Hall–Kier alpha value is -2.52. The molecule has 0 fully saturated rings. The van der Waals surface area contributed by atoms with Crippen molar-refractivity contribution in [1.82, 2.24) is 4.57 Å². The first-order valence-electron chi connectivity index (χ1n) is 6.98. The Kier molecular flexibility index (Phi) is 4.26. The Morgan fingerprint density at radius 3 is 2.23 bits per heavy atom. The maximum atomic E-state index is 12.8. The third-order valence-electron chi connectivity index (χ3n) is 3.42. The highest BCUT2D eigenvalue weighted by Gasteiger charge is 2.22. The molecule has 110 valence electrons. The summed E-state index contributed by atoms with van der Waals surface area (Å²) in [6.07, 6.45) is 3.76. The number of amides is 1. The lowest BCUT2D eigenvalue weighted by Gasteiger charge is -2.19. The molecule has 1 atom stereocenters. The minimum Gasteiger partial charge on any atom is -0.338 e. The van der Waals surface area contributed by atoms with Crippen LogP contribution in [0.5, 0.6) is 0 Å². The van der Waals surface area contributed by atoms with Crippen molar-refractivity contribution in [2.75, 3.05) is 5.32 Å². The lowest BCUT2D eigenvalue weighted by Crippen LogP contribution is -2.26. The van der Waals surface area contributed by atoms with E-state index in [1.807, 2.05) is 71.6 Å². The molecule has 1 aromatic heterocycles. The number of nitrogens with zero attached hydrogens (tertiary/aromatic N) is 1. The Morgan fingerprint density at radius 1 is 0.909 bits per heavy atom. The third kappa shape index (κ3) is 3.05. The number of carbonyl (C=O) groups excluding carboxylic acids is 1. The second-order valence-corrected chi connectivity index (χ2v) is 5.32. The lowest BCUT2D eigenvalue weighted by atomic mass is 10.1. The van der Waals surface area contributed by atoms with Crippen LogP contribution < -0.4 is 5.32 Å². The Labute approximate surface area is 134 Å². The van der Waals surface area contributed by atoms with Crippen LogP contribution >= 0.6 is 11.6 Å². The summed E-state index contributed by atoms with van der Waals surface area (Å²) in [5, 5.41) is 3.43. The topological polar surface area (TPSA) is 34.0 Å². The highest BCUT2D eigenvalue weighted by Crippen LogP contribution is 2.24. The van der Waals surface area contributed by atoms with Gasteiger partial charge in [-0.1, -0.05) is 54.1 Å². The first-order valence-corrected chi connectivity index (χ1v) is 7.36. The number of carbonyl (C=O) groups is 1. The predicted octanol–water partition coefficient (Wildman–Crippen LogP) is 4.37. The van der Waals surface area contributed by atoms with E-state index in [0.29, 0.717) is 10.7 Å². The van der Waals surface area contributed by atoms with Gasteiger partial charge >= 0.3 is 0 Å². The van der Waals surface area contributed by atoms with Gasteiger partial charge in [-0.05, 0) is 29.8 Å². The molecule has 0 saturated heterocycles. The number of hydrogen-bond donors (Lipinski definition) is 1. The minimum absolute atomic E-state index is 0.129. The van der Waals surface area contributed by atoms with Gasteiger partial charge < -0.3 is 9.88 Å². The summed E-state index contributed by atoms with van der Waals surface area (Å²) < 4.78 is 1.88. The van der Waals surface area contributed by atoms with Gasteiger partial charge in [0, 0.05) is 12.4 Å². The molecule has 0 saturated carbocycles. The summed E-state index contributed by atoms with van der Waals surface area (Å²) in [6.45, 7) is 0. The van der Waals surface area contributed by atoms with E-state index in [9.17, 15) is 4.79 Å². The van der Waals surface area contributed by atoms with Crippen LogP contribution in [-0.2, 0) is 4.79 Å². The number of hydrogen-bond acceptors (Lipinski definition) is 1. The van der Waals surface area contributed by atoms with Crippen LogP contribution in [0.3, 0.4) is 0 Å². The van der Waals surface area contributed by atoms with Gasteiger partial charge in [0.25, 0.3) is 5.91 Å². The van der Waals surface area contributed by atoms with Crippen molar-refractivity contribution in [3.63, 3.8) is 0 Å². The number of rotatable bonds is 4. The Balaban J connectivity index is 1.93. The second-order valence-electron chi connectivity index (χ2n) is 4.91. The van der Waals surface area contributed by atoms with Gasteiger partial charge in [-0.15, -0.1) is 0 Å². The Morgan fingerprint density at radius 2 is 1.55 bits per heavy atom. The summed E-state index contributed by atoms with van der Waals surface area (Å²) in [7, 11) is 0. The van der Waals surface area contributed by atoms with E-state index in [1.54, 1.807) is 12.1 Å². The predicted molar refractivity (Wildman–Crippen MR) is 89.1 cm³/mol. The molecule has 0 spiro atoms. The standard InChI is InChI=1S/C18H15ClN2O/c19-15-10-4-5-11-16(15)20-18(22)17(21-12-6-7-13-21)14-8-2-1-3-9-14/h1-13,17H,(H,20,22)/t17-/m1/s1. The maximum Gasteiger partial charge on any atom is 0.252 e. The average Bonchev–Trinajstić information content (AvgIpc) is 3.05. The number of anilines is 1. The third-order valence-corrected chi connectivity index (χ3v) is 3.75. The highest BCUT2D eigenvalue weighted by molar-refractivity contribution is 6.33. The van der Waals surface area contributed by atoms with E-state index in [1.165, 1.54) is 0 Å². The molecule has 0 radical (unpaired) electrons.